The Labute approximate surface area is 192 Å². The molecule has 3 aromatic rings. The average molecular weight is 455 g/mol. The zero-order chi connectivity index (χ0) is 22.3. The van der Waals surface area contributed by atoms with Gasteiger partial charge < -0.3 is 14.8 Å². The summed E-state index contributed by atoms with van der Waals surface area (Å²) in [6.45, 7) is 9.56. The number of esters is 1. The Morgan fingerprint density at radius 3 is 2.75 bits per heavy atom. The van der Waals surface area contributed by atoms with Crippen LogP contribution in [0.2, 0.25) is 0 Å². The number of hydrogen-bond donors (Lipinski definition) is 1. The summed E-state index contributed by atoms with van der Waals surface area (Å²) < 4.78 is 10.7. The number of anilines is 1. The molecule has 32 heavy (non-hydrogen) atoms. The molecular formula is C24H30N4O3S. The van der Waals surface area contributed by atoms with Crippen molar-refractivity contribution in [3.8, 4) is 0 Å². The average Bonchev–Trinajstić information content (AvgIpc) is 3.15. The Hall–Kier alpha value is -2.55. The number of thiophene rings is 1. The highest BCUT2D eigenvalue weighted by molar-refractivity contribution is 7.20. The standard InChI is InChI=1S/C24H30N4O3S/c1-3-31-24(29)21-17(2)20-22(25-10-7-11-28-12-14-30-15-13-28)26-19(27-23(20)32-21)16-18-8-5-4-6-9-18/h4-6,8-9H,3,7,10-16H2,1-2H3,(H,25,26,27). The Kier molecular flexibility index (Phi) is 7.68. The van der Waals surface area contributed by atoms with Crippen LogP contribution in [0.15, 0.2) is 30.3 Å². The zero-order valence-corrected chi connectivity index (χ0v) is 19.5. The maximum absolute atomic E-state index is 12.5. The second kappa shape index (κ2) is 10.8. The topological polar surface area (TPSA) is 76.6 Å². The Balaban J connectivity index is 1.57. The van der Waals surface area contributed by atoms with Gasteiger partial charge in [-0.15, -0.1) is 11.3 Å². The van der Waals surface area contributed by atoms with E-state index in [0.717, 1.165) is 78.8 Å². The molecule has 1 aliphatic rings. The third-order valence-corrected chi connectivity index (χ3v) is 6.72. The summed E-state index contributed by atoms with van der Waals surface area (Å²) in [7, 11) is 0. The smallest absolute Gasteiger partial charge is 0.348 e. The van der Waals surface area contributed by atoms with Gasteiger partial charge in [0.25, 0.3) is 0 Å². The van der Waals surface area contributed by atoms with Crippen molar-refractivity contribution in [1.82, 2.24) is 14.9 Å². The van der Waals surface area contributed by atoms with Gasteiger partial charge in [-0.1, -0.05) is 30.3 Å². The predicted octanol–water partition coefficient (Wildman–Crippen LogP) is 3.90. The van der Waals surface area contributed by atoms with Gasteiger partial charge in [0.15, 0.2) is 0 Å². The van der Waals surface area contributed by atoms with E-state index in [2.05, 4.69) is 22.3 Å². The molecule has 0 amide bonds. The van der Waals surface area contributed by atoms with Crippen molar-refractivity contribution >= 4 is 33.3 Å². The molecule has 170 valence electrons. The summed E-state index contributed by atoms with van der Waals surface area (Å²) in [6.07, 6.45) is 1.65. The lowest BCUT2D eigenvalue weighted by molar-refractivity contribution is 0.0378. The molecule has 8 heteroatoms. The number of carbonyl (C=O) groups excluding carboxylic acids is 1. The van der Waals surface area contributed by atoms with Crippen molar-refractivity contribution < 1.29 is 14.3 Å². The molecule has 1 aliphatic heterocycles. The summed E-state index contributed by atoms with van der Waals surface area (Å²) in [5.74, 6) is 1.25. The van der Waals surface area contributed by atoms with E-state index in [1.54, 1.807) is 0 Å². The first-order chi connectivity index (χ1) is 15.7. The SMILES string of the molecule is CCOC(=O)c1sc2nc(Cc3ccccc3)nc(NCCCN3CCOCC3)c2c1C. The van der Waals surface area contributed by atoms with Crippen molar-refractivity contribution in [2.24, 2.45) is 0 Å². The number of hydrogen-bond acceptors (Lipinski definition) is 8. The number of morpholine rings is 1. The molecule has 1 fully saturated rings. The monoisotopic (exact) mass is 454 g/mol. The lowest BCUT2D eigenvalue weighted by atomic mass is 10.1. The molecule has 0 aliphatic carbocycles. The van der Waals surface area contributed by atoms with Crippen molar-refractivity contribution in [3.05, 3.63) is 52.2 Å². The van der Waals surface area contributed by atoms with Crippen LogP contribution in [0, 0.1) is 6.92 Å². The third-order valence-electron chi connectivity index (χ3n) is 5.55. The first kappa shape index (κ1) is 22.6. The summed E-state index contributed by atoms with van der Waals surface area (Å²) in [5, 5.41) is 4.44. The Morgan fingerprint density at radius 2 is 2.00 bits per heavy atom. The number of nitrogens with zero attached hydrogens (tertiary/aromatic N) is 3. The first-order valence-electron chi connectivity index (χ1n) is 11.2. The number of ether oxygens (including phenoxy) is 2. The molecule has 0 spiro atoms. The predicted molar refractivity (Wildman–Crippen MR) is 128 cm³/mol. The lowest BCUT2D eigenvalue weighted by Gasteiger charge is -2.26. The molecular weight excluding hydrogens is 424 g/mol. The molecule has 2 aromatic heterocycles. The van der Waals surface area contributed by atoms with Gasteiger partial charge in [-0.25, -0.2) is 14.8 Å². The minimum Gasteiger partial charge on any atom is -0.462 e. The van der Waals surface area contributed by atoms with Crippen LogP contribution in [0.25, 0.3) is 10.2 Å². The van der Waals surface area contributed by atoms with Crippen molar-refractivity contribution in [2.75, 3.05) is 51.3 Å². The highest BCUT2D eigenvalue weighted by Gasteiger charge is 2.21. The van der Waals surface area contributed by atoms with Gasteiger partial charge in [0.2, 0.25) is 0 Å². The van der Waals surface area contributed by atoms with E-state index in [1.807, 2.05) is 32.0 Å². The maximum atomic E-state index is 12.5. The third kappa shape index (κ3) is 5.43. The van der Waals surface area contributed by atoms with Crippen LogP contribution in [0.5, 0.6) is 0 Å². The summed E-state index contributed by atoms with van der Waals surface area (Å²) in [4.78, 5) is 26.0. The van der Waals surface area contributed by atoms with E-state index >= 15 is 0 Å². The molecule has 3 heterocycles. The quantitative estimate of drug-likeness (QED) is 0.388. The van der Waals surface area contributed by atoms with Crippen LogP contribution in [0.3, 0.4) is 0 Å². The van der Waals surface area contributed by atoms with Crippen molar-refractivity contribution in [2.45, 2.75) is 26.7 Å². The van der Waals surface area contributed by atoms with Crippen LogP contribution in [-0.4, -0.2) is 66.8 Å². The van der Waals surface area contributed by atoms with E-state index in [0.29, 0.717) is 17.9 Å². The van der Waals surface area contributed by atoms with E-state index in [1.165, 1.54) is 11.3 Å². The highest BCUT2D eigenvalue weighted by atomic mass is 32.1. The molecule has 0 saturated carbocycles. The normalized spacial score (nSPS) is 14.6. The van der Waals surface area contributed by atoms with Crippen LogP contribution in [0.4, 0.5) is 5.82 Å². The molecule has 0 unspecified atom stereocenters. The maximum Gasteiger partial charge on any atom is 0.348 e. The van der Waals surface area contributed by atoms with E-state index in [-0.39, 0.29) is 5.97 Å². The first-order valence-corrected chi connectivity index (χ1v) is 12.0. The lowest BCUT2D eigenvalue weighted by Crippen LogP contribution is -2.37. The van der Waals surface area contributed by atoms with Crippen LogP contribution < -0.4 is 5.32 Å². The molecule has 1 saturated heterocycles. The van der Waals surface area contributed by atoms with E-state index < -0.39 is 0 Å². The summed E-state index contributed by atoms with van der Waals surface area (Å²) in [5.41, 5.74) is 2.04. The molecule has 0 radical (unpaired) electrons. The van der Waals surface area contributed by atoms with E-state index in [4.69, 9.17) is 19.4 Å². The Bertz CT molecular complexity index is 1050. The van der Waals surface area contributed by atoms with Crippen molar-refractivity contribution in [1.29, 1.82) is 0 Å². The fourth-order valence-electron chi connectivity index (χ4n) is 3.89. The molecule has 4 rings (SSSR count). The van der Waals surface area contributed by atoms with Gasteiger partial charge in [-0.2, -0.15) is 0 Å². The minimum atomic E-state index is -0.295. The van der Waals surface area contributed by atoms with Gasteiger partial charge >= 0.3 is 5.97 Å². The molecule has 0 atom stereocenters. The number of aromatic nitrogens is 2. The van der Waals surface area contributed by atoms with Crippen molar-refractivity contribution in [3.63, 3.8) is 0 Å². The van der Waals surface area contributed by atoms with Crippen LogP contribution >= 0.6 is 11.3 Å². The van der Waals surface area contributed by atoms with Gasteiger partial charge in [0.1, 0.15) is 21.3 Å². The molecule has 1 aromatic carbocycles. The molecule has 1 N–H and O–H groups in total. The van der Waals surface area contributed by atoms with Gasteiger partial charge in [0, 0.05) is 26.1 Å². The number of fused-ring (bicyclic) bond motifs is 1. The van der Waals surface area contributed by atoms with Gasteiger partial charge in [0.05, 0.1) is 25.2 Å². The minimum absolute atomic E-state index is 0.295. The van der Waals surface area contributed by atoms with Crippen LogP contribution in [-0.2, 0) is 15.9 Å². The summed E-state index contributed by atoms with van der Waals surface area (Å²) >= 11 is 1.39. The number of rotatable bonds is 9. The second-order valence-electron chi connectivity index (χ2n) is 7.84. The largest absolute Gasteiger partial charge is 0.462 e. The number of carbonyl (C=O) groups is 1. The Morgan fingerprint density at radius 1 is 1.22 bits per heavy atom. The summed E-state index contributed by atoms with van der Waals surface area (Å²) in [6, 6.07) is 10.2. The fraction of sp³-hybridized carbons (Fsp3) is 0.458. The second-order valence-corrected chi connectivity index (χ2v) is 8.84. The fourth-order valence-corrected chi connectivity index (χ4v) is 4.99. The van der Waals surface area contributed by atoms with Gasteiger partial charge in [-0.05, 0) is 37.9 Å². The van der Waals surface area contributed by atoms with E-state index in [9.17, 15) is 4.79 Å². The number of benzene rings is 1. The molecule has 0 bridgehead atoms. The van der Waals surface area contributed by atoms with Gasteiger partial charge in [-0.3, -0.25) is 4.90 Å². The van der Waals surface area contributed by atoms with Crippen LogP contribution in [0.1, 0.15) is 40.0 Å². The number of aryl methyl sites for hydroxylation is 1. The molecule has 7 nitrogen and oxygen atoms in total. The zero-order valence-electron chi connectivity index (χ0n) is 18.7. The highest BCUT2D eigenvalue weighted by Crippen LogP contribution is 2.34. The number of nitrogens with one attached hydrogen (secondary N) is 1.